The number of aromatic nitrogens is 4. The summed E-state index contributed by atoms with van der Waals surface area (Å²) in [5.74, 6) is 0.605. The van der Waals surface area contributed by atoms with E-state index in [0.29, 0.717) is 12.6 Å². The van der Waals surface area contributed by atoms with Crippen LogP contribution in [0.15, 0.2) is 12.4 Å². The Kier molecular flexibility index (Phi) is 6.57. The van der Waals surface area contributed by atoms with Gasteiger partial charge in [0.15, 0.2) is 5.65 Å². The molecule has 0 amide bonds. The Morgan fingerprint density at radius 2 is 2.12 bits per heavy atom. The van der Waals surface area contributed by atoms with Crippen LogP contribution in [0.1, 0.15) is 0 Å². The number of hydrogen-bond acceptors (Lipinski definition) is 7. The van der Waals surface area contributed by atoms with Crippen LogP contribution in [0, 0.1) is 0 Å². The molecule has 9 heteroatoms. The maximum absolute atomic E-state index is 6.00. The van der Waals surface area contributed by atoms with Crippen molar-refractivity contribution in [3.8, 4) is 0 Å². The summed E-state index contributed by atoms with van der Waals surface area (Å²) in [5.41, 5.74) is 0.743. The van der Waals surface area contributed by atoms with Gasteiger partial charge in [-0.05, 0) is 6.04 Å². The standard InChI is InChI=1S/C17H30N6O2Si/c1-26(2,3)9-8-25-13-15(12-23-4-6-24-7-5-23)20-17-18-10-14-11-19-22-16(14)21-17/h10-11,15H,4-9,12-13H2,1-3H3,(H2,18,19,20,21,22). The van der Waals surface area contributed by atoms with Gasteiger partial charge < -0.3 is 14.8 Å². The molecule has 8 nitrogen and oxygen atoms in total. The van der Waals surface area contributed by atoms with E-state index in [9.17, 15) is 0 Å². The highest BCUT2D eigenvalue weighted by Gasteiger charge is 2.19. The third kappa shape index (κ3) is 6.01. The molecule has 1 atom stereocenters. The van der Waals surface area contributed by atoms with E-state index in [1.54, 1.807) is 12.4 Å². The number of aromatic amines is 1. The molecular formula is C17H30N6O2Si. The Labute approximate surface area is 155 Å². The fourth-order valence-electron chi connectivity index (χ4n) is 2.83. The molecule has 0 spiro atoms. The molecule has 3 heterocycles. The van der Waals surface area contributed by atoms with E-state index in [-0.39, 0.29) is 6.04 Å². The summed E-state index contributed by atoms with van der Waals surface area (Å²) in [6.07, 6.45) is 3.51. The summed E-state index contributed by atoms with van der Waals surface area (Å²) in [6.45, 7) is 12.9. The van der Waals surface area contributed by atoms with Crippen molar-refractivity contribution >= 4 is 25.1 Å². The summed E-state index contributed by atoms with van der Waals surface area (Å²) >= 11 is 0. The van der Waals surface area contributed by atoms with Gasteiger partial charge in [0.25, 0.3) is 0 Å². The van der Waals surface area contributed by atoms with Crippen molar-refractivity contribution in [1.82, 2.24) is 25.1 Å². The van der Waals surface area contributed by atoms with Gasteiger partial charge in [-0.1, -0.05) is 19.6 Å². The average molecular weight is 379 g/mol. The van der Waals surface area contributed by atoms with Crippen LogP contribution < -0.4 is 5.32 Å². The largest absolute Gasteiger partial charge is 0.380 e. The maximum atomic E-state index is 6.00. The second-order valence-electron chi connectivity index (χ2n) is 8.01. The normalized spacial score (nSPS) is 17.5. The first-order valence-corrected chi connectivity index (χ1v) is 13.0. The van der Waals surface area contributed by atoms with E-state index in [2.05, 4.69) is 50.0 Å². The topological polar surface area (TPSA) is 88.2 Å². The van der Waals surface area contributed by atoms with Crippen molar-refractivity contribution in [2.75, 3.05) is 51.4 Å². The molecule has 26 heavy (non-hydrogen) atoms. The van der Waals surface area contributed by atoms with E-state index in [1.807, 2.05) is 0 Å². The number of ether oxygens (including phenoxy) is 2. The first-order valence-electron chi connectivity index (χ1n) is 9.30. The molecule has 1 aliphatic rings. The third-order valence-corrected chi connectivity index (χ3v) is 6.13. The molecule has 2 aromatic rings. The van der Waals surface area contributed by atoms with Crippen molar-refractivity contribution in [2.45, 2.75) is 31.7 Å². The number of rotatable bonds is 9. The van der Waals surface area contributed by atoms with E-state index in [1.165, 1.54) is 6.04 Å². The summed E-state index contributed by atoms with van der Waals surface area (Å²) in [6, 6.07) is 1.31. The van der Waals surface area contributed by atoms with Crippen molar-refractivity contribution in [1.29, 1.82) is 0 Å². The minimum absolute atomic E-state index is 0.134. The molecule has 2 aromatic heterocycles. The molecule has 0 radical (unpaired) electrons. The van der Waals surface area contributed by atoms with Gasteiger partial charge in [0, 0.05) is 40.5 Å². The van der Waals surface area contributed by atoms with Crippen LogP contribution in [-0.2, 0) is 9.47 Å². The number of fused-ring (bicyclic) bond motifs is 1. The molecule has 1 unspecified atom stereocenters. The van der Waals surface area contributed by atoms with Crippen LogP contribution in [-0.4, -0.2) is 85.2 Å². The lowest BCUT2D eigenvalue weighted by Crippen LogP contribution is -2.45. The van der Waals surface area contributed by atoms with Crippen LogP contribution in [0.5, 0.6) is 0 Å². The third-order valence-electron chi connectivity index (χ3n) is 4.42. The molecular weight excluding hydrogens is 348 g/mol. The monoisotopic (exact) mass is 378 g/mol. The van der Waals surface area contributed by atoms with E-state index < -0.39 is 8.07 Å². The molecule has 1 aliphatic heterocycles. The highest BCUT2D eigenvalue weighted by molar-refractivity contribution is 6.76. The van der Waals surface area contributed by atoms with Gasteiger partial charge in [0.1, 0.15) is 0 Å². The van der Waals surface area contributed by atoms with Crippen molar-refractivity contribution < 1.29 is 9.47 Å². The molecule has 2 N–H and O–H groups in total. The lowest BCUT2D eigenvalue weighted by Gasteiger charge is -2.31. The highest BCUT2D eigenvalue weighted by Crippen LogP contribution is 2.12. The smallest absolute Gasteiger partial charge is 0.225 e. The van der Waals surface area contributed by atoms with Crippen LogP contribution in [0.2, 0.25) is 25.7 Å². The van der Waals surface area contributed by atoms with Gasteiger partial charge in [-0.2, -0.15) is 10.1 Å². The number of anilines is 1. The van der Waals surface area contributed by atoms with Crippen molar-refractivity contribution in [3.05, 3.63) is 12.4 Å². The number of hydrogen-bond donors (Lipinski definition) is 2. The number of nitrogens with zero attached hydrogens (tertiary/aromatic N) is 4. The minimum atomic E-state index is -1.08. The molecule has 1 saturated heterocycles. The molecule has 0 aliphatic carbocycles. The zero-order valence-electron chi connectivity index (χ0n) is 16.0. The van der Waals surface area contributed by atoms with Crippen LogP contribution in [0.3, 0.4) is 0 Å². The predicted octanol–water partition coefficient (Wildman–Crippen LogP) is 1.82. The fraction of sp³-hybridized carbons (Fsp3) is 0.706. The van der Waals surface area contributed by atoms with E-state index in [0.717, 1.165) is 50.5 Å². The van der Waals surface area contributed by atoms with Gasteiger partial charge in [0.05, 0.1) is 37.4 Å². The predicted molar refractivity (Wildman–Crippen MR) is 105 cm³/mol. The first kappa shape index (κ1) is 19.2. The SMILES string of the molecule is C[Si](C)(C)CCOCC(CN1CCOCC1)Nc1ncc2cn[nH]c2n1. The molecule has 0 aromatic carbocycles. The number of H-pyrrole nitrogens is 1. The molecule has 1 fully saturated rings. The lowest BCUT2D eigenvalue weighted by molar-refractivity contribution is 0.0300. The second kappa shape index (κ2) is 8.89. The van der Waals surface area contributed by atoms with Crippen molar-refractivity contribution in [2.24, 2.45) is 0 Å². The second-order valence-corrected chi connectivity index (χ2v) is 13.6. The van der Waals surface area contributed by atoms with Gasteiger partial charge in [-0.25, -0.2) is 4.98 Å². The van der Waals surface area contributed by atoms with Crippen molar-refractivity contribution in [3.63, 3.8) is 0 Å². The molecule has 3 rings (SSSR count). The van der Waals surface area contributed by atoms with Gasteiger partial charge in [-0.15, -0.1) is 0 Å². The first-order chi connectivity index (χ1) is 12.5. The molecule has 0 bridgehead atoms. The molecule has 0 saturated carbocycles. The Balaban J connectivity index is 1.58. The summed E-state index contributed by atoms with van der Waals surface area (Å²) in [7, 11) is -1.08. The quantitative estimate of drug-likeness (QED) is 0.508. The highest BCUT2D eigenvalue weighted by atomic mass is 28.3. The van der Waals surface area contributed by atoms with Gasteiger partial charge >= 0.3 is 0 Å². The summed E-state index contributed by atoms with van der Waals surface area (Å²) < 4.78 is 11.4. The number of nitrogens with one attached hydrogen (secondary N) is 2. The van der Waals surface area contributed by atoms with Gasteiger partial charge in [-0.3, -0.25) is 10.00 Å². The Bertz CT molecular complexity index is 683. The fourth-order valence-corrected chi connectivity index (χ4v) is 3.59. The zero-order valence-corrected chi connectivity index (χ0v) is 17.0. The van der Waals surface area contributed by atoms with Crippen LogP contribution >= 0.6 is 0 Å². The van der Waals surface area contributed by atoms with Gasteiger partial charge in [0.2, 0.25) is 5.95 Å². The van der Waals surface area contributed by atoms with Crippen LogP contribution in [0.25, 0.3) is 11.0 Å². The maximum Gasteiger partial charge on any atom is 0.225 e. The van der Waals surface area contributed by atoms with E-state index in [4.69, 9.17) is 9.47 Å². The Morgan fingerprint density at radius 3 is 2.88 bits per heavy atom. The Hall–Kier alpha value is -1.55. The number of morpholine rings is 1. The molecule has 144 valence electrons. The Morgan fingerprint density at radius 1 is 1.31 bits per heavy atom. The van der Waals surface area contributed by atoms with Crippen LogP contribution in [0.4, 0.5) is 5.95 Å². The minimum Gasteiger partial charge on any atom is -0.380 e. The lowest BCUT2D eigenvalue weighted by atomic mass is 10.2. The van der Waals surface area contributed by atoms with E-state index >= 15 is 0 Å². The summed E-state index contributed by atoms with van der Waals surface area (Å²) in [5, 5.41) is 11.2. The average Bonchev–Trinajstić information content (AvgIpc) is 3.06. The summed E-state index contributed by atoms with van der Waals surface area (Å²) in [4.78, 5) is 11.3. The zero-order chi connectivity index (χ0) is 18.4.